The minimum atomic E-state index is 0.634. The molecule has 0 amide bonds. The predicted octanol–water partition coefficient (Wildman–Crippen LogP) is 3.93. The van der Waals surface area contributed by atoms with Crippen molar-refractivity contribution in [2.75, 3.05) is 19.1 Å². The molecule has 0 radical (unpaired) electrons. The molecule has 15 heavy (non-hydrogen) atoms. The van der Waals surface area contributed by atoms with Gasteiger partial charge < -0.3 is 5.32 Å². The van der Waals surface area contributed by atoms with Crippen molar-refractivity contribution in [2.24, 2.45) is 5.92 Å². The van der Waals surface area contributed by atoms with Crippen LogP contribution in [0.5, 0.6) is 0 Å². The average molecular weight is 231 g/mol. The van der Waals surface area contributed by atoms with Gasteiger partial charge in [0.15, 0.2) is 0 Å². The third-order valence-electron chi connectivity index (χ3n) is 3.03. The van der Waals surface area contributed by atoms with Gasteiger partial charge in [0.1, 0.15) is 0 Å². The van der Waals surface area contributed by atoms with Gasteiger partial charge in [-0.2, -0.15) is 11.8 Å². The van der Waals surface area contributed by atoms with Crippen molar-refractivity contribution in [1.82, 2.24) is 5.32 Å². The summed E-state index contributed by atoms with van der Waals surface area (Å²) >= 11 is 2.00. The Labute approximate surface area is 101 Å². The van der Waals surface area contributed by atoms with E-state index in [0.717, 1.165) is 5.92 Å². The van der Waals surface area contributed by atoms with Gasteiger partial charge in [-0.25, -0.2) is 0 Å². The molecule has 0 spiro atoms. The van der Waals surface area contributed by atoms with Crippen LogP contribution < -0.4 is 5.32 Å². The molecule has 0 bridgehead atoms. The summed E-state index contributed by atoms with van der Waals surface area (Å²) in [5, 5.41) is 3.03. The van der Waals surface area contributed by atoms with Crippen molar-refractivity contribution >= 4 is 11.8 Å². The number of rotatable bonds is 4. The van der Waals surface area contributed by atoms with Gasteiger partial charge >= 0.3 is 0 Å². The first-order chi connectivity index (χ1) is 7.20. The molecule has 0 unspecified atom stereocenters. The van der Waals surface area contributed by atoms with Crippen LogP contribution in [0, 0.1) is 5.92 Å². The zero-order valence-corrected chi connectivity index (χ0v) is 11.8. The van der Waals surface area contributed by atoms with Gasteiger partial charge in [0.05, 0.1) is 0 Å². The van der Waals surface area contributed by atoms with Crippen molar-refractivity contribution in [2.45, 2.75) is 58.4 Å². The van der Waals surface area contributed by atoms with E-state index in [1.54, 1.807) is 0 Å². The molecule has 0 aromatic rings. The highest BCUT2D eigenvalue weighted by atomic mass is 32.2. The second-order valence-corrected chi connectivity index (χ2v) is 5.71. The Bertz CT molecular complexity index is 120. The van der Waals surface area contributed by atoms with Gasteiger partial charge in [-0.1, -0.05) is 46.0 Å². The summed E-state index contributed by atoms with van der Waals surface area (Å²) in [4.78, 5) is 0. The molecular formula is C13H29NS. The predicted molar refractivity (Wildman–Crippen MR) is 73.8 cm³/mol. The van der Waals surface area contributed by atoms with Gasteiger partial charge in [-0.15, -0.1) is 0 Å². The molecule has 1 nitrogen and oxygen atoms in total. The first-order valence-corrected chi connectivity index (χ1v) is 7.76. The molecule has 1 N–H and O–H groups in total. The molecule has 92 valence electrons. The topological polar surface area (TPSA) is 12.0 Å². The largest absolute Gasteiger partial charge is 0.318 e. The zero-order chi connectivity index (χ0) is 11.5. The van der Waals surface area contributed by atoms with Crippen LogP contribution in [-0.2, 0) is 0 Å². The maximum atomic E-state index is 3.03. The van der Waals surface area contributed by atoms with E-state index in [9.17, 15) is 0 Å². The quantitative estimate of drug-likeness (QED) is 0.786. The molecule has 1 fully saturated rings. The van der Waals surface area contributed by atoms with E-state index in [0.29, 0.717) is 6.04 Å². The van der Waals surface area contributed by atoms with E-state index >= 15 is 0 Å². The Morgan fingerprint density at radius 2 is 1.73 bits per heavy atom. The van der Waals surface area contributed by atoms with E-state index in [4.69, 9.17) is 0 Å². The zero-order valence-electron chi connectivity index (χ0n) is 11.0. The van der Waals surface area contributed by atoms with Crippen molar-refractivity contribution < 1.29 is 0 Å². The maximum Gasteiger partial charge on any atom is 0.000733 e. The Kier molecular flexibility index (Phi) is 11.0. The molecule has 0 heterocycles. The van der Waals surface area contributed by atoms with E-state index in [-0.39, 0.29) is 0 Å². The Morgan fingerprint density at radius 3 is 2.13 bits per heavy atom. The third kappa shape index (κ3) is 10.6. The lowest BCUT2D eigenvalue weighted by molar-refractivity contribution is 0.351. The highest BCUT2D eigenvalue weighted by molar-refractivity contribution is 7.98. The molecule has 1 saturated carbocycles. The van der Waals surface area contributed by atoms with Crippen LogP contribution in [0.4, 0.5) is 0 Å². The Balaban J connectivity index is 0.000000336. The van der Waals surface area contributed by atoms with Crippen LogP contribution in [-0.4, -0.2) is 25.1 Å². The summed E-state index contributed by atoms with van der Waals surface area (Å²) in [5.41, 5.74) is 0. The second kappa shape index (κ2) is 10.8. The first-order valence-electron chi connectivity index (χ1n) is 6.37. The van der Waals surface area contributed by atoms with Gasteiger partial charge in [0.2, 0.25) is 0 Å². The lowest BCUT2D eigenvalue weighted by atomic mass is 9.88. The van der Waals surface area contributed by atoms with E-state index in [1.807, 2.05) is 18.8 Å². The number of thioether (sulfide) groups is 1. The van der Waals surface area contributed by atoms with Crippen molar-refractivity contribution in [3.05, 3.63) is 0 Å². The number of hydrogen-bond acceptors (Lipinski definition) is 2. The van der Waals surface area contributed by atoms with Crippen LogP contribution >= 0.6 is 11.8 Å². The third-order valence-corrected chi connectivity index (χ3v) is 3.68. The fourth-order valence-corrected chi connectivity index (χ4v) is 2.33. The summed E-state index contributed by atoms with van der Waals surface area (Å²) in [6.45, 7) is 4.22. The molecule has 1 aliphatic carbocycles. The highest BCUT2D eigenvalue weighted by Gasteiger charge is 2.11. The SMILES string of the molecule is CNC(C)C.CSCCC1CCCCC1. The minimum absolute atomic E-state index is 0.634. The maximum absolute atomic E-state index is 3.03. The monoisotopic (exact) mass is 231 g/mol. The average Bonchev–Trinajstić information content (AvgIpc) is 2.28. The normalized spacial score (nSPS) is 17.4. The fraction of sp³-hybridized carbons (Fsp3) is 1.00. The van der Waals surface area contributed by atoms with Crippen molar-refractivity contribution in [3.63, 3.8) is 0 Å². The summed E-state index contributed by atoms with van der Waals surface area (Å²) in [6, 6.07) is 0.634. The van der Waals surface area contributed by atoms with Crippen LogP contribution in [0.25, 0.3) is 0 Å². The molecule has 1 rings (SSSR count). The molecule has 2 heteroatoms. The van der Waals surface area contributed by atoms with Crippen LogP contribution in [0.1, 0.15) is 52.4 Å². The lowest BCUT2D eigenvalue weighted by Gasteiger charge is -2.20. The molecule has 0 atom stereocenters. The number of hydrogen-bond donors (Lipinski definition) is 1. The summed E-state index contributed by atoms with van der Waals surface area (Å²) in [5.74, 6) is 2.46. The first kappa shape index (κ1) is 15.3. The molecule has 1 aliphatic rings. The smallest absolute Gasteiger partial charge is 0.000733 e. The van der Waals surface area contributed by atoms with Crippen molar-refractivity contribution in [3.8, 4) is 0 Å². The van der Waals surface area contributed by atoms with E-state index in [2.05, 4.69) is 25.4 Å². The number of nitrogens with one attached hydrogen (secondary N) is 1. The standard InChI is InChI=1S/C9H18S.C4H11N/c1-10-8-7-9-5-3-2-4-6-9;1-4(2)5-3/h9H,2-8H2,1H3;4-5H,1-3H3. The Morgan fingerprint density at radius 1 is 1.20 bits per heavy atom. The molecule has 0 aromatic carbocycles. The lowest BCUT2D eigenvalue weighted by Crippen LogP contribution is -2.15. The van der Waals surface area contributed by atoms with Crippen molar-refractivity contribution in [1.29, 1.82) is 0 Å². The fourth-order valence-electron chi connectivity index (χ4n) is 1.76. The summed E-state index contributed by atoms with van der Waals surface area (Å²) in [6.07, 6.45) is 11.2. The van der Waals surface area contributed by atoms with Gasteiger partial charge in [-0.05, 0) is 31.4 Å². The molecule has 0 aromatic heterocycles. The summed E-state index contributed by atoms with van der Waals surface area (Å²) in [7, 11) is 1.95. The molecular weight excluding hydrogens is 202 g/mol. The van der Waals surface area contributed by atoms with Crippen LogP contribution in [0.3, 0.4) is 0 Å². The van der Waals surface area contributed by atoms with Gasteiger partial charge in [-0.3, -0.25) is 0 Å². The van der Waals surface area contributed by atoms with E-state index < -0.39 is 0 Å². The molecule has 0 saturated heterocycles. The van der Waals surface area contributed by atoms with Gasteiger partial charge in [0.25, 0.3) is 0 Å². The summed E-state index contributed by atoms with van der Waals surface area (Å²) < 4.78 is 0. The van der Waals surface area contributed by atoms with Crippen LogP contribution in [0.15, 0.2) is 0 Å². The minimum Gasteiger partial charge on any atom is -0.318 e. The Hall–Kier alpha value is 0.310. The molecule has 0 aliphatic heterocycles. The second-order valence-electron chi connectivity index (χ2n) is 4.73. The van der Waals surface area contributed by atoms with Gasteiger partial charge in [0, 0.05) is 6.04 Å². The van der Waals surface area contributed by atoms with Crippen LogP contribution in [0.2, 0.25) is 0 Å². The highest BCUT2D eigenvalue weighted by Crippen LogP contribution is 2.26. The van der Waals surface area contributed by atoms with E-state index in [1.165, 1.54) is 44.3 Å².